The first-order chi connectivity index (χ1) is 11.7. The zero-order valence-corrected chi connectivity index (χ0v) is 15.4. The van der Waals surface area contributed by atoms with Crippen LogP contribution >= 0.6 is 11.8 Å². The van der Waals surface area contributed by atoms with Crippen molar-refractivity contribution in [3.8, 4) is 0 Å². The van der Waals surface area contributed by atoms with Gasteiger partial charge in [0.1, 0.15) is 0 Å². The van der Waals surface area contributed by atoms with Crippen LogP contribution in [0, 0.1) is 5.92 Å². The number of unbranched alkanes of at least 4 members (excludes halogenated alkanes) is 2. The molecular formula is C19H29N3OS. The molecule has 0 spiro atoms. The molecule has 0 saturated carbocycles. The van der Waals surface area contributed by atoms with E-state index in [4.69, 9.17) is 5.73 Å². The highest BCUT2D eigenvalue weighted by Crippen LogP contribution is 2.31. The Balaban J connectivity index is 1.49. The van der Waals surface area contributed by atoms with Gasteiger partial charge in [-0.25, -0.2) is 0 Å². The molecule has 5 heteroatoms. The van der Waals surface area contributed by atoms with E-state index in [1.807, 2.05) is 17.8 Å². The van der Waals surface area contributed by atoms with E-state index in [0.717, 1.165) is 48.8 Å². The van der Waals surface area contributed by atoms with Crippen molar-refractivity contribution in [3.05, 3.63) is 29.6 Å². The molecule has 2 atom stereocenters. The third kappa shape index (κ3) is 4.13. The molecule has 4 nitrogen and oxygen atoms in total. The summed E-state index contributed by atoms with van der Waals surface area (Å²) in [6.45, 7) is 4.87. The van der Waals surface area contributed by atoms with Crippen LogP contribution < -0.4 is 5.73 Å². The largest absolute Gasteiger partial charge is 0.398 e. The summed E-state index contributed by atoms with van der Waals surface area (Å²) in [5.41, 5.74) is 10.4. The number of aliphatic hydroxyl groups is 1. The number of hydrogen-bond donors (Lipinski definition) is 2. The molecule has 1 aromatic rings. The Morgan fingerprint density at radius 2 is 2.25 bits per heavy atom. The van der Waals surface area contributed by atoms with Gasteiger partial charge in [0.2, 0.25) is 0 Å². The van der Waals surface area contributed by atoms with Crippen molar-refractivity contribution in [2.45, 2.75) is 38.7 Å². The molecule has 24 heavy (non-hydrogen) atoms. The standard InChI is InChI=1S/C19H29N3OS/c1-2-3-4-9-24-13-15-11-22(12-18(15)23)10-14-5-6-16-17(20)7-8-21-19(14)16/h5,7-8,15,18,23H,2-4,6,9-13H2,1H3,(H2,20,21)/t15-,18-/m1/s1. The van der Waals surface area contributed by atoms with Crippen LogP contribution in [-0.2, 0) is 6.42 Å². The molecule has 1 aromatic heterocycles. The van der Waals surface area contributed by atoms with E-state index >= 15 is 0 Å². The molecule has 0 aromatic carbocycles. The number of anilines is 1. The number of fused-ring (bicyclic) bond motifs is 1. The fraction of sp³-hybridized carbons (Fsp3) is 0.632. The molecule has 1 saturated heterocycles. The van der Waals surface area contributed by atoms with Gasteiger partial charge < -0.3 is 10.8 Å². The fourth-order valence-electron chi connectivity index (χ4n) is 3.62. The number of nitrogens with two attached hydrogens (primary N) is 1. The number of thioether (sulfide) groups is 1. The maximum atomic E-state index is 10.4. The Bertz CT molecular complexity index is 590. The number of β-amino-alcohol motifs (C(OH)–C–C–N with tert-alkyl or cyclic N) is 1. The van der Waals surface area contributed by atoms with Gasteiger partial charge in [-0.3, -0.25) is 9.88 Å². The van der Waals surface area contributed by atoms with E-state index < -0.39 is 0 Å². The van der Waals surface area contributed by atoms with Gasteiger partial charge in [0.15, 0.2) is 0 Å². The first kappa shape index (κ1) is 17.8. The van der Waals surface area contributed by atoms with Gasteiger partial charge in [0.05, 0.1) is 11.8 Å². The number of aliphatic hydroxyl groups excluding tert-OH is 1. The zero-order chi connectivity index (χ0) is 16.9. The quantitative estimate of drug-likeness (QED) is 0.708. The summed E-state index contributed by atoms with van der Waals surface area (Å²) < 4.78 is 0. The fourth-order valence-corrected chi connectivity index (χ4v) is 4.83. The van der Waals surface area contributed by atoms with E-state index in [9.17, 15) is 5.11 Å². The van der Waals surface area contributed by atoms with Crippen molar-refractivity contribution in [1.29, 1.82) is 0 Å². The van der Waals surface area contributed by atoms with Gasteiger partial charge in [-0.15, -0.1) is 0 Å². The van der Waals surface area contributed by atoms with Gasteiger partial charge in [-0.2, -0.15) is 11.8 Å². The van der Waals surface area contributed by atoms with E-state index in [2.05, 4.69) is 22.9 Å². The van der Waals surface area contributed by atoms with Gasteiger partial charge in [0.25, 0.3) is 0 Å². The van der Waals surface area contributed by atoms with Crippen LogP contribution in [0.5, 0.6) is 0 Å². The van der Waals surface area contributed by atoms with Crippen LogP contribution in [-0.4, -0.2) is 52.2 Å². The summed E-state index contributed by atoms with van der Waals surface area (Å²) in [7, 11) is 0. The average Bonchev–Trinajstić information content (AvgIpc) is 3.13. The molecule has 0 unspecified atom stereocenters. The average molecular weight is 348 g/mol. The topological polar surface area (TPSA) is 62.4 Å². The summed E-state index contributed by atoms with van der Waals surface area (Å²) in [5, 5.41) is 10.4. The number of allylic oxidation sites excluding steroid dienone is 1. The van der Waals surface area contributed by atoms with Gasteiger partial charge in [-0.05, 0) is 36.0 Å². The summed E-state index contributed by atoms with van der Waals surface area (Å²) in [6, 6.07) is 1.88. The van der Waals surface area contributed by atoms with Gasteiger partial charge in [-0.1, -0.05) is 25.8 Å². The lowest BCUT2D eigenvalue weighted by molar-refractivity contribution is 0.151. The minimum absolute atomic E-state index is 0.195. The molecule has 1 aliphatic heterocycles. The third-order valence-corrected chi connectivity index (χ3v) is 6.29. The Morgan fingerprint density at radius 1 is 1.38 bits per heavy atom. The second-order valence-corrected chi connectivity index (χ2v) is 8.11. The molecule has 132 valence electrons. The van der Waals surface area contributed by atoms with Gasteiger partial charge in [0, 0.05) is 43.0 Å². The molecule has 3 N–H and O–H groups in total. The highest BCUT2D eigenvalue weighted by molar-refractivity contribution is 7.99. The maximum absolute atomic E-state index is 10.4. The second kappa shape index (κ2) is 8.37. The number of rotatable bonds is 8. The van der Waals surface area contributed by atoms with Crippen molar-refractivity contribution in [2.75, 3.05) is 36.9 Å². The number of nitrogen functional groups attached to an aromatic ring is 1. The van der Waals surface area contributed by atoms with Crippen molar-refractivity contribution >= 4 is 23.0 Å². The Labute approximate surface area is 149 Å². The molecule has 0 radical (unpaired) electrons. The first-order valence-electron chi connectivity index (χ1n) is 9.10. The zero-order valence-electron chi connectivity index (χ0n) is 14.6. The molecular weight excluding hydrogens is 318 g/mol. The number of pyridine rings is 1. The van der Waals surface area contributed by atoms with E-state index in [1.165, 1.54) is 30.6 Å². The molecule has 0 bridgehead atoms. The second-order valence-electron chi connectivity index (χ2n) is 6.96. The summed E-state index contributed by atoms with van der Waals surface area (Å²) >= 11 is 2.00. The van der Waals surface area contributed by atoms with E-state index in [-0.39, 0.29) is 6.10 Å². The minimum atomic E-state index is -0.195. The van der Waals surface area contributed by atoms with Crippen LogP contribution in [0.3, 0.4) is 0 Å². The van der Waals surface area contributed by atoms with Crippen molar-refractivity contribution in [3.63, 3.8) is 0 Å². The van der Waals surface area contributed by atoms with Crippen LogP contribution in [0.2, 0.25) is 0 Å². The molecule has 0 amide bonds. The maximum Gasteiger partial charge on any atom is 0.0727 e. The monoisotopic (exact) mass is 347 g/mol. The molecule has 1 fully saturated rings. The predicted molar refractivity (Wildman–Crippen MR) is 103 cm³/mol. The van der Waals surface area contributed by atoms with E-state index in [1.54, 1.807) is 6.20 Å². The lowest BCUT2D eigenvalue weighted by atomic mass is 10.1. The minimum Gasteiger partial charge on any atom is -0.398 e. The summed E-state index contributed by atoms with van der Waals surface area (Å²) in [5.74, 6) is 2.69. The number of hydrogen-bond acceptors (Lipinski definition) is 5. The Kier molecular flexibility index (Phi) is 6.19. The van der Waals surface area contributed by atoms with Crippen LogP contribution in [0.25, 0.3) is 5.57 Å². The smallest absolute Gasteiger partial charge is 0.0727 e. The lowest BCUT2D eigenvalue weighted by Gasteiger charge is -2.17. The molecule has 3 rings (SSSR count). The molecule has 2 heterocycles. The lowest BCUT2D eigenvalue weighted by Crippen LogP contribution is -2.24. The Hall–Kier alpha value is -1.04. The van der Waals surface area contributed by atoms with Gasteiger partial charge >= 0.3 is 0 Å². The SMILES string of the molecule is CCCCCSC[C@H]1CN(CC2=CCc3c(N)ccnc32)C[C@H]1O. The number of nitrogens with zero attached hydrogens (tertiary/aromatic N) is 2. The van der Waals surface area contributed by atoms with Crippen molar-refractivity contribution in [2.24, 2.45) is 5.92 Å². The number of likely N-dealkylation sites (tertiary alicyclic amines) is 1. The first-order valence-corrected chi connectivity index (χ1v) is 10.3. The third-order valence-electron chi connectivity index (χ3n) is 5.05. The summed E-state index contributed by atoms with van der Waals surface area (Å²) in [4.78, 5) is 6.89. The highest BCUT2D eigenvalue weighted by Gasteiger charge is 2.32. The number of aromatic nitrogens is 1. The summed E-state index contributed by atoms with van der Waals surface area (Å²) in [6.07, 6.45) is 8.61. The highest BCUT2D eigenvalue weighted by atomic mass is 32.2. The molecule has 2 aliphatic rings. The van der Waals surface area contributed by atoms with Crippen LogP contribution in [0.1, 0.15) is 37.4 Å². The Morgan fingerprint density at radius 3 is 3.08 bits per heavy atom. The van der Waals surface area contributed by atoms with Crippen molar-refractivity contribution < 1.29 is 5.11 Å². The predicted octanol–water partition coefficient (Wildman–Crippen LogP) is 2.82. The van der Waals surface area contributed by atoms with Crippen molar-refractivity contribution in [1.82, 2.24) is 9.88 Å². The van der Waals surface area contributed by atoms with Crippen LogP contribution in [0.4, 0.5) is 5.69 Å². The van der Waals surface area contributed by atoms with E-state index in [0.29, 0.717) is 5.92 Å². The van der Waals surface area contributed by atoms with Crippen LogP contribution in [0.15, 0.2) is 18.3 Å². The molecule has 1 aliphatic carbocycles. The normalized spacial score (nSPS) is 23.5.